The van der Waals surface area contributed by atoms with E-state index in [1.807, 2.05) is 36.5 Å². The van der Waals surface area contributed by atoms with Crippen LogP contribution < -0.4 is 0 Å². The van der Waals surface area contributed by atoms with Gasteiger partial charge >= 0.3 is 0 Å². The van der Waals surface area contributed by atoms with E-state index in [-0.39, 0.29) is 5.12 Å². The maximum Gasteiger partial charge on any atom is 0.215 e. The summed E-state index contributed by atoms with van der Waals surface area (Å²) in [6.45, 7) is 3.19. The summed E-state index contributed by atoms with van der Waals surface area (Å²) in [6.07, 6.45) is 1.83. The van der Waals surface area contributed by atoms with Gasteiger partial charge in [-0.1, -0.05) is 28.1 Å². The summed E-state index contributed by atoms with van der Waals surface area (Å²) in [5, 5.41) is 9.76. The Balaban J connectivity index is 2.29. The number of thioether (sulfide) groups is 1. The molecule has 0 saturated carbocycles. The second-order valence-corrected chi connectivity index (χ2v) is 7.30. The Hall–Kier alpha value is -1.16. The fraction of sp³-hybridized carbons (Fsp3) is 0.214. The Kier molecular flexibility index (Phi) is 4.33. The van der Waals surface area contributed by atoms with Gasteiger partial charge in [-0.25, -0.2) is 0 Å². The number of hydrogen-bond donors (Lipinski definition) is 0. The average molecular weight is 367 g/mol. The zero-order valence-electron chi connectivity index (χ0n) is 10.9. The van der Waals surface area contributed by atoms with Gasteiger partial charge in [0.1, 0.15) is 5.41 Å². The third kappa shape index (κ3) is 2.95. The molecular weight excluding hydrogens is 356 g/mol. The number of carbonyl (C=O) groups excluding carboxylic acids is 1. The van der Waals surface area contributed by atoms with Crippen molar-refractivity contribution in [2.45, 2.75) is 13.8 Å². The van der Waals surface area contributed by atoms with Crippen molar-refractivity contribution in [3.05, 3.63) is 34.9 Å². The lowest BCUT2D eigenvalue weighted by atomic mass is 9.98. The minimum Gasteiger partial charge on any atom is -0.302 e. The molecule has 0 aliphatic carbocycles. The smallest absolute Gasteiger partial charge is 0.215 e. The van der Waals surface area contributed by atoms with Gasteiger partial charge in [0.25, 0.3) is 0 Å². The largest absolute Gasteiger partial charge is 0.302 e. The maximum absolute atomic E-state index is 12.0. The number of carbonyl (C=O) groups is 1. The lowest BCUT2D eigenvalue weighted by Gasteiger charge is -2.13. The molecule has 0 saturated heterocycles. The van der Waals surface area contributed by atoms with Crippen LogP contribution in [0, 0.1) is 16.7 Å². The van der Waals surface area contributed by atoms with Gasteiger partial charge < -0.3 is 4.57 Å². The number of halogens is 1. The van der Waals surface area contributed by atoms with Crippen LogP contribution in [-0.4, -0.2) is 14.0 Å². The van der Waals surface area contributed by atoms with Crippen LogP contribution in [-0.2, 0) is 4.79 Å². The van der Waals surface area contributed by atoms with E-state index in [0.717, 1.165) is 27.1 Å². The van der Waals surface area contributed by atoms with Crippen molar-refractivity contribution >= 4 is 60.2 Å². The van der Waals surface area contributed by atoms with Crippen molar-refractivity contribution in [2.75, 3.05) is 0 Å². The average Bonchev–Trinajstić information content (AvgIpc) is 2.81. The monoisotopic (exact) mass is 366 g/mol. The Morgan fingerprint density at radius 2 is 2.15 bits per heavy atom. The molecule has 0 aliphatic heterocycles. The zero-order chi connectivity index (χ0) is 14.9. The summed E-state index contributed by atoms with van der Waals surface area (Å²) >= 11 is 9.66. The Morgan fingerprint density at radius 1 is 1.45 bits per heavy atom. The highest BCUT2D eigenvalue weighted by molar-refractivity contribution is 9.10. The SMILES string of the molecule is CC(C)(C#N)C(=O)SC(=S)n1ccc2cc(Br)ccc21. The lowest BCUT2D eigenvalue weighted by Crippen LogP contribution is -2.21. The number of hydrogen-bond acceptors (Lipinski definition) is 4. The topological polar surface area (TPSA) is 45.8 Å². The van der Waals surface area contributed by atoms with Crippen molar-refractivity contribution < 1.29 is 4.79 Å². The molecule has 0 atom stereocenters. The zero-order valence-corrected chi connectivity index (χ0v) is 14.1. The lowest BCUT2D eigenvalue weighted by molar-refractivity contribution is -0.115. The molecule has 0 N–H and O–H groups in total. The fourth-order valence-electron chi connectivity index (χ4n) is 1.57. The van der Waals surface area contributed by atoms with Crippen LogP contribution in [0.4, 0.5) is 0 Å². The molecule has 2 aromatic rings. The van der Waals surface area contributed by atoms with Gasteiger partial charge in [-0.05, 0) is 49.9 Å². The Bertz CT molecular complexity index is 743. The highest BCUT2D eigenvalue weighted by Gasteiger charge is 2.29. The molecule has 3 nitrogen and oxygen atoms in total. The van der Waals surface area contributed by atoms with Gasteiger partial charge in [0.15, 0.2) is 4.32 Å². The van der Waals surface area contributed by atoms with E-state index in [0.29, 0.717) is 4.32 Å². The number of aromatic nitrogens is 1. The number of nitrogens with zero attached hydrogens (tertiary/aromatic N) is 2. The summed E-state index contributed by atoms with van der Waals surface area (Å²) in [5.74, 6) is 0. The predicted octanol–water partition coefficient (Wildman–Crippen LogP) is 4.35. The second kappa shape index (κ2) is 5.68. The van der Waals surface area contributed by atoms with E-state index in [4.69, 9.17) is 17.5 Å². The Morgan fingerprint density at radius 3 is 2.80 bits per heavy atom. The van der Waals surface area contributed by atoms with Crippen molar-refractivity contribution in [2.24, 2.45) is 5.41 Å². The van der Waals surface area contributed by atoms with E-state index in [2.05, 4.69) is 15.9 Å². The molecule has 1 heterocycles. The first-order chi connectivity index (χ1) is 9.35. The fourth-order valence-corrected chi connectivity index (χ4v) is 3.06. The van der Waals surface area contributed by atoms with E-state index in [1.165, 1.54) is 0 Å². The third-order valence-electron chi connectivity index (χ3n) is 2.82. The molecule has 102 valence electrons. The van der Waals surface area contributed by atoms with Crippen LogP contribution in [0.3, 0.4) is 0 Å². The van der Waals surface area contributed by atoms with Crippen LogP contribution in [0.25, 0.3) is 10.9 Å². The number of fused-ring (bicyclic) bond motifs is 1. The summed E-state index contributed by atoms with van der Waals surface area (Å²) in [6, 6.07) is 9.77. The molecule has 0 fully saturated rings. The molecule has 1 aromatic heterocycles. The van der Waals surface area contributed by atoms with Crippen LogP contribution in [0.15, 0.2) is 34.9 Å². The third-order valence-corrected chi connectivity index (χ3v) is 4.83. The van der Waals surface area contributed by atoms with Crippen molar-refractivity contribution in [1.82, 2.24) is 4.57 Å². The highest BCUT2D eigenvalue weighted by Crippen LogP contribution is 2.27. The van der Waals surface area contributed by atoms with Crippen LogP contribution >= 0.6 is 39.9 Å². The van der Waals surface area contributed by atoms with E-state index < -0.39 is 5.41 Å². The summed E-state index contributed by atoms with van der Waals surface area (Å²) in [5.41, 5.74) is -0.103. The van der Waals surface area contributed by atoms with Crippen LogP contribution in [0.1, 0.15) is 13.8 Å². The van der Waals surface area contributed by atoms with Gasteiger partial charge in [-0.15, -0.1) is 0 Å². The molecule has 0 bridgehead atoms. The molecule has 20 heavy (non-hydrogen) atoms. The summed E-state index contributed by atoms with van der Waals surface area (Å²) in [4.78, 5) is 12.0. The molecule has 0 aliphatic rings. The van der Waals surface area contributed by atoms with Gasteiger partial charge in [0.05, 0.1) is 11.6 Å². The van der Waals surface area contributed by atoms with Crippen molar-refractivity contribution in [1.29, 1.82) is 5.26 Å². The second-order valence-electron chi connectivity index (χ2n) is 4.78. The van der Waals surface area contributed by atoms with Crippen LogP contribution in [0.2, 0.25) is 0 Å². The van der Waals surface area contributed by atoms with Gasteiger partial charge in [-0.2, -0.15) is 5.26 Å². The molecule has 0 spiro atoms. The number of nitriles is 1. The number of thiocarbonyl (C=S) groups is 1. The van der Waals surface area contributed by atoms with Crippen LogP contribution in [0.5, 0.6) is 0 Å². The number of benzene rings is 1. The Labute approximate surface area is 135 Å². The molecule has 0 unspecified atom stereocenters. The first kappa shape index (κ1) is 15.2. The number of rotatable bonds is 1. The summed E-state index contributed by atoms with van der Waals surface area (Å²) in [7, 11) is 0. The molecule has 6 heteroatoms. The van der Waals surface area contributed by atoms with E-state index >= 15 is 0 Å². The predicted molar refractivity (Wildman–Crippen MR) is 89.6 cm³/mol. The first-order valence-corrected chi connectivity index (χ1v) is 7.81. The van der Waals surface area contributed by atoms with Crippen molar-refractivity contribution in [3.63, 3.8) is 0 Å². The normalized spacial score (nSPS) is 11.3. The quantitative estimate of drug-likeness (QED) is 0.703. The maximum atomic E-state index is 12.0. The van der Waals surface area contributed by atoms with E-state index in [1.54, 1.807) is 18.4 Å². The molecule has 0 radical (unpaired) electrons. The molecular formula is C14H11BrN2OS2. The molecule has 1 aromatic carbocycles. The minimum atomic E-state index is -1.04. The van der Waals surface area contributed by atoms with E-state index in [9.17, 15) is 4.79 Å². The highest BCUT2D eigenvalue weighted by atomic mass is 79.9. The van der Waals surface area contributed by atoms with Gasteiger partial charge in [0, 0.05) is 16.1 Å². The standard InChI is InChI=1S/C14H11BrN2OS2/c1-14(2,8-16)12(18)20-13(19)17-6-5-9-7-10(15)3-4-11(9)17/h3-7H,1-2H3. The molecule has 0 amide bonds. The van der Waals surface area contributed by atoms with Gasteiger partial charge in [-0.3, -0.25) is 4.79 Å². The summed E-state index contributed by atoms with van der Waals surface area (Å²) < 4.78 is 3.20. The minimum absolute atomic E-state index is 0.246. The van der Waals surface area contributed by atoms with Gasteiger partial charge in [0.2, 0.25) is 5.12 Å². The first-order valence-electron chi connectivity index (χ1n) is 5.79. The van der Waals surface area contributed by atoms with Crippen molar-refractivity contribution in [3.8, 4) is 6.07 Å². The molecule has 2 rings (SSSR count).